The molecule has 2 aromatic rings. The molecule has 0 bridgehead atoms. The lowest BCUT2D eigenvalue weighted by molar-refractivity contribution is -0.130. The summed E-state index contributed by atoms with van der Waals surface area (Å²) >= 11 is 0. The highest BCUT2D eigenvalue weighted by atomic mass is 16.5. The molecule has 0 aromatic heterocycles. The summed E-state index contributed by atoms with van der Waals surface area (Å²) in [6.07, 6.45) is -0.0657. The summed E-state index contributed by atoms with van der Waals surface area (Å²) in [6.45, 7) is 0.519. The van der Waals surface area contributed by atoms with Gasteiger partial charge in [0.05, 0.1) is 12.1 Å². The average Bonchev–Trinajstić information content (AvgIpc) is 2.63. The molecule has 0 spiro atoms. The highest BCUT2D eigenvalue weighted by Crippen LogP contribution is 2.29. The largest absolute Gasteiger partial charge is 0.478 e. The van der Waals surface area contributed by atoms with Crippen molar-refractivity contribution in [3.05, 3.63) is 54.1 Å². The number of nitrogens with zero attached hydrogens (tertiary/aromatic N) is 1. The van der Waals surface area contributed by atoms with E-state index in [1.54, 1.807) is 12.1 Å². The van der Waals surface area contributed by atoms with Crippen molar-refractivity contribution in [3.8, 4) is 5.75 Å². The molecular weight excluding hydrogens is 330 g/mol. The molecule has 0 fully saturated rings. The van der Waals surface area contributed by atoms with Crippen molar-refractivity contribution >= 4 is 23.2 Å². The van der Waals surface area contributed by atoms with Gasteiger partial charge in [-0.2, -0.15) is 0 Å². The third kappa shape index (κ3) is 4.33. The maximum atomic E-state index is 12.1. The summed E-state index contributed by atoms with van der Waals surface area (Å²) in [5.74, 6) is 0.0958. The zero-order chi connectivity index (χ0) is 18.5. The van der Waals surface area contributed by atoms with Gasteiger partial charge in [0.25, 0.3) is 5.91 Å². The van der Waals surface area contributed by atoms with Crippen LogP contribution >= 0.6 is 0 Å². The maximum Gasteiger partial charge on any atom is 0.266 e. The molecule has 0 radical (unpaired) electrons. The van der Waals surface area contributed by atoms with Crippen molar-refractivity contribution in [3.63, 3.8) is 0 Å². The molecule has 2 N–H and O–H groups in total. The Kier molecular flexibility index (Phi) is 5.41. The van der Waals surface area contributed by atoms with Gasteiger partial charge in [-0.3, -0.25) is 9.59 Å². The van der Waals surface area contributed by atoms with E-state index in [1.807, 2.05) is 31.1 Å². The maximum absolute atomic E-state index is 12.1. The van der Waals surface area contributed by atoms with Crippen molar-refractivity contribution in [2.45, 2.75) is 18.9 Å². The van der Waals surface area contributed by atoms with E-state index >= 15 is 0 Å². The van der Waals surface area contributed by atoms with E-state index in [9.17, 15) is 9.59 Å². The number of benzene rings is 2. The van der Waals surface area contributed by atoms with Crippen LogP contribution in [0, 0.1) is 0 Å². The van der Waals surface area contributed by atoms with E-state index in [0.29, 0.717) is 18.0 Å². The monoisotopic (exact) mass is 353 g/mol. The summed E-state index contributed by atoms with van der Waals surface area (Å²) in [4.78, 5) is 26.2. The van der Waals surface area contributed by atoms with Gasteiger partial charge in [-0.05, 0) is 36.2 Å². The molecular formula is C20H23N3O3. The fourth-order valence-corrected chi connectivity index (χ4v) is 2.77. The Labute approximate surface area is 153 Å². The molecule has 1 atom stereocenters. The summed E-state index contributed by atoms with van der Waals surface area (Å²) in [5.41, 5.74) is 2.92. The number of ether oxygens (including phenoxy) is 1. The molecule has 6 heteroatoms. The van der Waals surface area contributed by atoms with Crippen LogP contribution in [0.15, 0.2) is 48.5 Å². The van der Waals surface area contributed by atoms with Crippen molar-refractivity contribution in [2.75, 3.05) is 30.9 Å². The van der Waals surface area contributed by atoms with Crippen molar-refractivity contribution in [2.24, 2.45) is 0 Å². The highest BCUT2D eigenvalue weighted by molar-refractivity contribution is 5.99. The highest BCUT2D eigenvalue weighted by Gasteiger charge is 2.29. The van der Waals surface area contributed by atoms with Crippen LogP contribution in [0.4, 0.5) is 11.4 Å². The second-order valence-corrected chi connectivity index (χ2v) is 6.46. The minimum absolute atomic E-state index is 0.000263. The van der Waals surface area contributed by atoms with Gasteiger partial charge in [0, 0.05) is 26.3 Å². The molecule has 2 amide bonds. The lowest BCUT2D eigenvalue weighted by Gasteiger charge is -2.25. The van der Waals surface area contributed by atoms with Crippen LogP contribution in [0.5, 0.6) is 5.75 Å². The van der Waals surface area contributed by atoms with Crippen LogP contribution in [0.25, 0.3) is 0 Å². The molecule has 1 aliphatic rings. The molecule has 2 aromatic carbocycles. The van der Waals surface area contributed by atoms with Gasteiger partial charge >= 0.3 is 0 Å². The van der Waals surface area contributed by atoms with E-state index in [4.69, 9.17) is 4.74 Å². The minimum atomic E-state index is -0.802. The Balaban J connectivity index is 1.46. The van der Waals surface area contributed by atoms with Gasteiger partial charge in [-0.15, -0.1) is 0 Å². The summed E-state index contributed by atoms with van der Waals surface area (Å²) in [6, 6.07) is 15.4. The van der Waals surface area contributed by atoms with Gasteiger partial charge in [0.1, 0.15) is 5.75 Å². The second-order valence-electron chi connectivity index (χ2n) is 6.46. The van der Waals surface area contributed by atoms with Gasteiger partial charge in [-0.1, -0.05) is 24.3 Å². The Bertz CT molecular complexity index is 787. The quantitative estimate of drug-likeness (QED) is 0.835. The molecule has 6 nitrogen and oxygen atoms in total. The van der Waals surface area contributed by atoms with E-state index < -0.39 is 6.10 Å². The third-order valence-electron chi connectivity index (χ3n) is 4.27. The molecule has 1 heterocycles. The second kappa shape index (κ2) is 7.91. The zero-order valence-electron chi connectivity index (χ0n) is 15.0. The SMILES string of the molecule is CN(C)c1ccc(CCNC(=O)CC2Oc3ccccc3NC2=O)cc1. The van der Waals surface area contributed by atoms with Crippen LogP contribution in [-0.4, -0.2) is 38.6 Å². The van der Waals surface area contributed by atoms with Crippen molar-refractivity contribution < 1.29 is 14.3 Å². The molecule has 136 valence electrons. The van der Waals surface area contributed by atoms with E-state index in [1.165, 1.54) is 0 Å². The summed E-state index contributed by atoms with van der Waals surface area (Å²) in [5, 5.41) is 5.61. The molecule has 1 aliphatic heterocycles. The summed E-state index contributed by atoms with van der Waals surface area (Å²) < 4.78 is 5.64. The standard InChI is InChI=1S/C20H23N3O3/c1-23(2)15-9-7-14(8-10-15)11-12-21-19(24)13-18-20(25)22-16-5-3-4-6-17(16)26-18/h3-10,18H,11-13H2,1-2H3,(H,21,24)(H,22,25). The van der Waals surface area contributed by atoms with E-state index in [2.05, 4.69) is 34.9 Å². The van der Waals surface area contributed by atoms with Gasteiger partial charge < -0.3 is 20.3 Å². The van der Waals surface area contributed by atoms with Crippen LogP contribution < -0.4 is 20.3 Å². The number of amides is 2. The van der Waals surface area contributed by atoms with Crippen molar-refractivity contribution in [1.29, 1.82) is 0 Å². The van der Waals surface area contributed by atoms with Crippen LogP contribution in [0.3, 0.4) is 0 Å². The normalized spacial score (nSPS) is 15.5. The number of fused-ring (bicyclic) bond motifs is 1. The number of para-hydroxylation sites is 2. The minimum Gasteiger partial charge on any atom is -0.478 e. The van der Waals surface area contributed by atoms with Crippen LogP contribution in [-0.2, 0) is 16.0 Å². The third-order valence-corrected chi connectivity index (χ3v) is 4.27. The average molecular weight is 353 g/mol. The molecule has 26 heavy (non-hydrogen) atoms. The van der Waals surface area contributed by atoms with E-state index in [-0.39, 0.29) is 18.2 Å². The van der Waals surface area contributed by atoms with Crippen LogP contribution in [0.1, 0.15) is 12.0 Å². The lowest BCUT2D eigenvalue weighted by Crippen LogP contribution is -2.41. The molecule has 3 rings (SSSR count). The Morgan fingerprint density at radius 2 is 1.88 bits per heavy atom. The molecule has 1 unspecified atom stereocenters. The molecule has 0 aliphatic carbocycles. The number of hydrogen-bond donors (Lipinski definition) is 2. The van der Waals surface area contributed by atoms with Gasteiger partial charge in [0.15, 0.2) is 6.10 Å². The first kappa shape index (κ1) is 17.8. The van der Waals surface area contributed by atoms with Gasteiger partial charge in [-0.25, -0.2) is 0 Å². The van der Waals surface area contributed by atoms with E-state index in [0.717, 1.165) is 17.7 Å². The number of rotatable bonds is 6. The number of carbonyl (C=O) groups is 2. The first-order valence-corrected chi connectivity index (χ1v) is 8.62. The molecule has 0 saturated heterocycles. The Morgan fingerprint density at radius 1 is 1.15 bits per heavy atom. The predicted octanol–water partition coefficient (Wildman–Crippen LogP) is 2.20. The van der Waals surface area contributed by atoms with Crippen molar-refractivity contribution in [1.82, 2.24) is 5.32 Å². The number of nitrogens with one attached hydrogen (secondary N) is 2. The Morgan fingerprint density at radius 3 is 2.62 bits per heavy atom. The number of carbonyl (C=O) groups excluding carboxylic acids is 2. The Hall–Kier alpha value is -3.02. The first-order valence-electron chi connectivity index (χ1n) is 8.62. The first-order chi connectivity index (χ1) is 12.5. The summed E-state index contributed by atoms with van der Waals surface area (Å²) in [7, 11) is 3.99. The number of anilines is 2. The van der Waals surface area contributed by atoms with Gasteiger partial charge in [0.2, 0.25) is 5.91 Å². The molecule has 0 saturated carbocycles. The zero-order valence-corrected chi connectivity index (χ0v) is 15.0. The fraction of sp³-hybridized carbons (Fsp3) is 0.300. The fourth-order valence-electron chi connectivity index (χ4n) is 2.77. The van der Waals surface area contributed by atoms with Crippen LogP contribution in [0.2, 0.25) is 0 Å². The smallest absolute Gasteiger partial charge is 0.266 e. The number of hydrogen-bond acceptors (Lipinski definition) is 4. The predicted molar refractivity (Wildman–Crippen MR) is 102 cm³/mol. The lowest BCUT2D eigenvalue weighted by atomic mass is 10.1. The topological polar surface area (TPSA) is 70.7 Å².